The number of carbonyl (C=O) groups excluding carboxylic acids is 1. The van der Waals surface area contributed by atoms with Crippen molar-refractivity contribution >= 4 is 5.91 Å². The quantitative estimate of drug-likeness (QED) is 0.777. The molecule has 0 aliphatic carbocycles. The fraction of sp³-hybridized carbons (Fsp3) is 0.750. The third kappa shape index (κ3) is 4.44. The van der Waals surface area contributed by atoms with Crippen molar-refractivity contribution in [1.82, 2.24) is 20.8 Å². The Balaban J connectivity index is 1.54. The van der Waals surface area contributed by atoms with Crippen molar-refractivity contribution in [3.63, 3.8) is 0 Å². The van der Waals surface area contributed by atoms with Gasteiger partial charge in [-0.15, -0.1) is 0 Å². The Labute approximate surface area is 107 Å². The molecule has 0 bridgehead atoms. The molecule has 6 nitrogen and oxygen atoms in total. The Morgan fingerprint density at radius 2 is 2.50 bits per heavy atom. The number of rotatable bonds is 6. The number of hydrogen-bond donors (Lipinski definition) is 2. The molecule has 1 aliphatic rings. The summed E-state index contributed by atoms with van der Waals surface area (Å²) in [6, 6.07) is 0.515. The lowest BCUT2D eigenvalue weighted by molar-refractivity contribution is -0.121. The first-order valence-electron chi connectivity index (χ1n) is 6.60. The van der Waals surface area contributed by atoms with Gasteiger partial charge in [-0.25, -0.2) is 0 Å². The molecule has 1 aliphatic heterocycles. The highest BCUT2D eigenvalue weighted by atomic mass is 16.5. The summed E-state index contributed by atoms with van der Waals surface area (Å²) < 4.78 is 4.62. The van der Waals surface area contributed by atoms with E-state index in [1.54, 1.807) is 0 Å². The van der Waals surface area contributed by atoms with Gasteiger partial charge in [0.25, 0.3) is 0 Å². The van der Waals surface area contributed by atoms with Gasteiger partial charge in [0.2, 0.25) is 12.3 Å². The van der Waals surface area contributed by atoms with Crippen LogP contribution in [0.25, 0.3) is 0 Å². The first-order chi connectivity index (χ1) is 8.84. The molecule has 100 valence electrons. The van der Waals surface area contributed by atoms with Crippen LogP contribution in [0, 0.1) is 0 Å². The molecule has 1 unspecified atom stereocenters. The third-order valence-electron chi connectivity index (χ3n) is 3.21. The minimum atomic E-state index is 0.103. The largest absolute Gasteiger partial charge is 0.356 e. The Morgan fingerprint density at radius 1 is 1.56 bits per heavy atom. The minimum absolute atomic E-state index is 0.103. The van der Waals surface area contributed by atoms with Gasteiger partial charge in [0.15, 0.2) is 5.82 Å². The van der Waals surface area contributed by atoms with Crippen LogP contribution in [-0.4, -0.2) is 35.2 Å². The molecule has 0 radical (unpaired) electrons. The van der Waals surface area contributed by atoms with Crippen LogP contribution in [0.5, 0.6) is 0 Å². The van der Waals surface area contributed by atoms with Crippen LogP contribution in [0.15, 0.2) is 10.9 Å². The van der Waals surface area contributed by atoms with Crippen molar-refractivity contribution in [2.45, 2.75) is 44.6 Å². The predicted molar refractivity (Wildman–Crippen MR) is 65.9 cm³/mol. The molecule has 2 rings (SSSR count). The molecular weight excluding hydrogens is 232 g/mol. The number of amides is 1. The minimum Gasteiger partial charge on any atom is -0.356 e. The van der Waals surface area contributed by atoms with Crippen LogP contribution in [0.3, 0.4) is 0 Å². The van der Waals surface area contributed by atoms with Crippen LogP contribution in [0.2, 0.25) is 0 Å². The predicted octanol–water partition coefficient (Wildman–Crippen LogP) is 0.651. The standard InChI is InChI=1S/C12H20N4O2/c17-12(5-4-10-3-1-2-7-13-10)14-8-6-11-15-9-18-16-11/h9-10,13H,1-8H2,(H,14,17). The average molecular weight is 252 g/mol. The SMILES string of the molecule is O=C(CCC1CCCCN1)NCCc1ncon1. The second-order valence-corrected chi connectivity index (χ2v) is 4.63. The lowest BCUT2D eigenvalue weighted by atomic mass is 10.0. The van der Waals surface area contributed by atoms with E-state index in [1.165, 1.54) is 25.7 Å². The molecular formula is C12H20N4O2. The van der Waals surface area contributed by atoms with E-state index in [2.05, 4.69) is 25.3 Å². The molecule has 0 saturated carbocycles. The summed E-state index contributed by atoms with van der Waals surface area (Å²) in [5.74, 6) is 0.732. The number of aromatic nitrogens is 2. The van der Waals surface area contributed by atoms with Crippen LogP contribution in [0.4, 0.5) is 0 Å². The van der Waals surface area contributed by atoms with E-state index in [-0.39, 0.29) is 5.91 Å². The van der Waals surface area contributed by atoms with Gasteiger partial charge in [0, 0.05) is 25.4 Å². The van der Waals surface area contributed by atoms with Crippen LogP contribution >= 0.6 is 0 Å². The summed E-state index contributed by atoms with van der Waals surface area (Å²) in [4.78, 5) is 15.5. The highest BCUT2D eigenvalue weighted by molar-refractivity contribution is 5.75. The van der Waals surface area contributed by atoms with E-state index >= 15 is 0 Å². The fourth-order valence-electron chi connectivity index (χ4n) is 2.18. The molecule has 2 N–H and O–H groups in total. The van der Waals surface area contributed by atoms with Gasteiger partial charge in [-0.3, -0.25) is 4.79 Å². The zero-order valence-corrected chi connectivity index (χ0v) is 10.5. The first-order valence-corrected chi connectivity index (χ1v) is 6.60. The van der Waals surface area contributed by atoms with E-state index in [0.29, 0.717) is 31.3 Å². The molecule has 1 aromatic rings. The highest BCUT2D eigenvalue weighted by Gasteiger charge is 2.13. The Kier molecular flexibility index (Phi) is 5.14. The molecule has 6 heteroatoms. The lowest BCUT2D eigenvalue weighted by Gasteiger charge is -2.22. The van der Waals surface area contributed by atoms with Gasteiger partial charge in [-0.2, -0.15) is 4.98 Å². The van der Waals surface area contributed by atoms with Crippen LogP contribution in [0.1, 0.15) is 37.9 Å². The average Bonchev–Trinajstić information content (AvgIpc) is 2.91. The molecule has 18 heavy (non-hydrogen) atoms. The van der Waals surface area contributed by atoms with Crippen molar-refractivity contribution in [2.24, 2.45) is 0 Å². The maximum absolute atomic E-state index is 11.6. The Bertz CT molecular complexity index is 347. The second kappa shape index (κ2) is 7.10. The third-order valence-corrected chi connectivity index (χ3v) is 3.21. The summed E-state index contributed by atoms with van der Waals surface area (Å²) in [7, 11) is 0. The van der Waals surface area contributed by atoms with Gasteiger partial charge >= 0.3 is 0 Å². The number of piperidine rings is 1. The Morgan fingerprint density at radius 3 is 3.22 bits per heavy atom. The van der Waals surface area contributed by atoms with Crippen molar-refractivity contribution < 1.29 is 9.32 Å². The number of nitrogens with one attached hydrogen (secondary N) is 2. The zero-order valence-electron chi connectivity index (χ0n) is 10.5. The van der Waals surface area contributed by atoms with E-state index < -0.39 is 0 Å². The van der Waals surface area contributed by atoms with E-state index in [9.17, 15) is 4.79 Å². The molecule has 1 aromatic heterocycles. The number of hydrogen-bond acceptors (Lipinski definition) is 5. The monoisotopic (exact) mass is 252 g/mol. The topological polar surface area (TPSA) is 80.0 Å². The van der Waals surface area contributed by atoms with Crippen molar-refractivity contribution in [2.75, 3.05) is 13.1 Å². The molecule has 1 saturated heterocycles. The maximum atomic E-state index is 11.6. The summed E-state index contributed by atoms with van der Waals surface area (Å²) in [6.07, 6.45) is 7.15. The fourth-order valence-corrected chi connectivity index (χ4v) is 2.18. The second-order valence-electron chi connectivity index (χ2n) is 4.63. The lowest BCUT2D eigenvalue weighted by Crippen LogP contribution is -2.35. The normalized spacial score (nSPS) is 19.7. The summed E-state index contributed by atoms with van der Waals surface area (Å²) >= 11 is 0. The highest BCUT2D eigenvalue weighted by Crippen LogP contribution is 2.11. The van der Waals surface area contributed by atoms with E-state index in [4.69, 9.17) is 0 Å². The van der Waals surface area contributed by atoms with Crippen molar-refractivity contribution in [1.29, 1.82) is 0 Å². The van der Waals surface area contributed by atoms with Gasteiger partial charge in [0.05, 0.1) is 0 Å². The molecule has 1 amide bonds. The Hall–Kier alpha value is -1.43. The van der Waals surface area contributed by atoms with Crippen LogP contribution < -0.4 is 10.6 Å². The zero-order chi connectivity index (χ0) is 12.6. The van der Waals surface area contributed by atoms with Gasteiger partial charge in [-0.1, -0.05) is 11.6 Å². The molecule has 1 fully saturated rings. The smallest absolute Gasteiger partial charge is 0.220 e. The molecule has 0 spiro atoms. The maximum Gasteiger partial charge on any atom is 0.220 e. The summed E-state index contributed by atoms with van der Waals surface area (Å²) in [5.41, 5.74) is 0. The van der Waals surface area contributed by atoms with Gasteiger partial charge in [0.1, 0.15) is 0 Å². The summed E-state index contributed by atoms with van der Waals surface area (Å²) in [5, 5.41) is 10.00. The van der Waals surface area contributed by atoms with Gasteiger partial charge in [-0.05, 0) is 25.8 Å². The first kappa shape index (κ1) is 13.0. The molecule has 1 atom stereocenters. The van der Waals surface area contributed by atoms with Crippen LogP contribution in [-0.2, 0) is 11.2 Å². The number of carbonyl (C=O) groups is 1. The molecule has 0 aromatic carbocycles. The van der Waals surface area contributed by atoms with Gasteiger partial charge < -0.3 is 15.2 Å². The van der Waals surface area contributed by atoms with Crippen molar-refractivity contribution in [3.8, 4) is 0 Å². The van der Waals surface area contributed by atoms with E-state index in [0.717, 1.165) is 13.0 Å². The summed E-state index contributed by atoms with van der Waals surface area (Å²) in [6.45, 7) is 1.65. The molecule has 2 heterocycles. The van der Waals surface area contributed by atoms with Crippen molar-refractivity contribution in [3.05, 3.63) is 12.2 Å². The van der Waals surface area contributed by atoms with E-state index in [1.807, 2.05) is 0 Å². The number of nitrogens with zero attached hydrogens (tertiary/aromatic N) is 2.